The number of hydrazone groups is 1. The number of furan rings is 1. The zero-order chi connectivity index (χ0) is 20.1. The average Bonchev–Trinajstić information content (AvgIpc) is 3.13. The molecule has 0 radical (unpaired) electrons. The summed E-state index contributed by atoms with van der Waals surface area (Å²) in [5, 5.41) is 15.3. The molecule has 0 fully saturated rings. The molecule has 0 aliphatic heterocycles. The van der Waals surface area contributed by atoms with Crippen molar-refractivity contribution >= 4 is 41.0 Å². The zero-order valence-electron chi connectivity index (χ0n) is 14.3. The fourth-order valence-corrected chi connectivity index (χ4v) is 2.78. The second kappa shape index (κ2) is 8.69. The molecule has 0 aliphatic rings. The van der Waals surface area contributed by atoms with Gasteiger partial charge in [0.2, 0.25) is 5.91 Å². The maximum absolute atomic E-state index is 11.9. The third kappa shape index (κ3) is 4.76. The lowest BCUT2D eigenvalue weighted by atomic mass is 10.1. The van der Waals surface area contributed by atoms with Crippen LogP contribution in [-0.4, -0.2) is 17.0 Å². The van der Waals surface area contributed by atoms with Gasteiger partial charge in [-0.2, -0.15) is 5.10 Å². The largest absolute Gasteiger partial charge is 0.455 e. The molecule has 9 heteroatoms. The summed E-state index contributed by atoms with van der Waals surface area (Å²) >= 11 is 12.2. The highest BCUT2D eigenvalue weighted by Gasteiger charge is 2.10. The van der Waals surface area contributed by atoms with Crippen molar-refractivity contribution in [2.24, 2.45) is 5.10 Å². The van der Waals surface area contributed by atoms with Crippen LogP contribution in [0.4, 0.5) is 5.69 Å². The van der Waals surface area contributed by atoms with Crippen LogP contribution in [0.2, 0.25) is 10.0 Å². The molecule has 1 N–H and O–H groups in total. The summed E-state index contributed by atoms with van der Waals surface area (Å²) in [5.41, 5.74) is 3.63. The summed E-state index contributed by atoms with van der Waals surface area (Å²) in [4.78, 5) is 22.0. The van der Waals surface area contributed by atoms with Crippen molar-refractivity contribution in [3.63, 3.8) is 0 Å². The Bertz CT molecular complexity index is 1050. The topological polar surface area (TPSA) is 97.7 Å². The van der Waals surface area contributed by atoms with Crippen molar-refractivity contribution in [1.29, 1.82) is 0 Å². The number of rotatable bonds is 6. The first-order chi connectivity index (χ1) is 13.4. The van der Waals surface area contributed by atoms with E-state index in [1.807, 2.05) is 0 Å². The molecule has 0 aliphatic carbocycles. The fourth-order valence-electron chi connectivity index (χ4n) is 2.39. The first-order valence-electron chi connectivity index (χ1n) is 8.03. The van der Waals surface area contributed by atoms with Gasteiger partial charge in [-0.25, -0.2) is 5.43 Å². The highest BCUT2D eigenvalue weighted by atomic mass is 35.5. The maximum atomic E-state index is 11.9. The van der Waals surface area contributed by atoms with Crippen molar-refractivity contribution in [3.8, 4) is 11.3 Å². The van der Waals surface area contributed by atoms with Crippen molar-refractivity contribution in [2.75, 3.05) is 0 Å². The van der Waals surface area contributed by atoms with Crippen LogP contribution in [0.25, 0.3) is 11.3 Å². The summed E-state index contributed by atoms with van der Waals surface area (Å²) in [6, 6.07) is 14.4. The molecule has 3 aromatic rings. The minimum atomic E-state index is -0.498. The highest BCUT2D eigenvalue weighted by molar-refractivity contribution is 6.43. The Morgan fingerprint density at radius 1 is 1.14 bits per heavy atom. The predicted molar refractivity (Wildman–Crippen MR) is 107 cm³/mol. The molecule has 0 saturated carbocycles. The van der Waals surface area contributed by atoms with Crippen LogP contribution < -0.4 is 5.43 Å². The summed E-state index contributed by atoms with van der Waals surface area (Å²) in [6.07, 6.45) is 1.40. The molecular formula is C19H13Cl2N3O4. The number of halogens is 2. The Hall–Kier alpha value is -3.16. The normalized spacial score (nSPS) is 10.9. The van der Waals surface area contributed by atoms with Crippen molar-refractivity contribution in [2.45, 2.75) is 6.42 Å². The molecule has 3 rings (SSSR count). The van der Waals surface area contributed by atoms with E-state index in [0.717, 1.165) is 0 Å². The van der Waals surface area contributed by atoms with E-state index >= 15 is 0 Å². The Balaban J connectivity index is 1.59. The molecule has 0 saturated heterocycles. The molecule has 0 bridgehead atoms. The van der Waals surface area contributed by atoms with Gasteiger partial charge in [0, 0.05) is 17.7 Å². The van der Waals surface area contributed by atoms with E-state index < -0.39 is 4.92 Å². The molecule has 7 nitrogen and oxygen atoms in total. The van der Waals surface area contributed by atoms with Crippen LogP contribution >= 0.6 is 23.2 Å². The zero-order valence-corrected chi connectivity index (χ0v) is 15.8. The number of hydrogen-bond acceptors (Lipinski definition) is 5. The summed E-state index contributed by atoms with van der Waals surface area (Å²) in [5.74, 6) is 0.572. The van der Waals surface area contributed by atoms with Gasteiger partial charge in [0.05, 0.1) is 27.6 Å². The highest BCUT2D eigenvalue weighted by Crippen LogP contribution is 2.34. The molecule has 2 aromatic carbocycles. The number of amides is 1. The van der Waals surface area contributed by atoms with Gasteiger partial charge in [0.1, 0.15) is 11.5 Å². The lowest BCUT2D eigenvalue weighted by Gasteiger charge is -2.02. The number of carbonyl (C=O) groups is 1. The van der Waals surface area contributed by atoms with E-state index in [1.54, 1.807) is 30.3 Å². The Morgan fingerprint density at radius 3 is 2.61 bits per heavy atom. The van der Waals surface area contributed by atoms with Gasteiger partial charge in [-0.3, -0.25) is 14.9 Å². The van der Waals surface area contributed by atoms with Crippen LogP contribution in [0.15, 0.2) is 64.1 Å². The van der Waals surface area contributed by atoms with Crippen LogP contribution in [0.5, 0.6) is 0 Å². The Kier molecular flexibility index (Phi) is 6.08. The third-order valence-corrected chi connectivity index (χ3v) is 4.56. The molecule has 142 valence electrons. The Morgan fingerprint density at radius 2 is 1.89 bits per heavy atom. The molecule has 1 aromatic heterocycles. The van der Waals surface area contributed by atoms with E-state index in [-0.39, 0.29) is 18.0 Å². The van der Waals surface area contributed by atoms with E-state index in [2.05, 4.69) is 10.5 Å². The number of non-ortho nitro benzene ring substituents is 1. The molecule has 1 amide bonds. The number of nitrogens with one attached hydrogen (secondary N) is 1. The van der Waals surface area contributed by atoms with Crippen LogP contribution in [0.3, 0.4) is 0 Å². The SMILES string of the molecule is O=C(Cc1ccc([N+](=O)[O-])cc1)N/N=C\c1ccc(-c2cccc(Cl)c2Cl)o1. The number of carbonyl (C=O) groups excluding carboxylic acids is 1. The van der Waals surface area contributed by atoms with Gasteiger partial charge in [0.25, 0.3) is 5.69 Å². The van der Waals surface area contributed by atoms with E-state index in [0.29, 0.717) is 32.7 Å². The first-order valence-corrected chi connectivity index (χ1v) is 8.79. The van der Waals surface area contributed by atoms with Crippen molar-refractivity contribution in [1.82, 2.24) is 5.43 Å². The number of benzene rings is 2. The van der Waals surface area contributed by atoms with Crippen LogP contribution in [0.1, 0.15) is 11.3 Å². The standard InChI is InChI=1S/C19H13Cl2N3O4/c20-16-3-1-2-15(19(16)21)17-9-8-14(28-17)11-22-23-18(25)10-12-4-6-13(7-5-12)24(26)27/h1-9,11H,10H2,(H,23,25)/b22-11-. The number of nitro benzene ring substituents is 1. The van der Waals surface area contributed by atoms with Crippen LogP contribution in [-0.2, 0) is 11.2 Å². The molecule has 1 heterocycles. The summed E-state index contributed by atoms with van der Waals surface area (Å²) in [6.45, 7) is 0. The monoisotopic (exact) mass is 417 g/mol. The van der Waals surface area contributed by atoms with Crippen LogP contribution in [0, 0.1) is 10.1 Å². The minimum absolute atomic E-state index is 0.0318. The minimum Gasteiger partial charge on any atom is -0.455 e. The molecule has 0 unspecified atom stereocenters. The fraction of sp³-hybridized carbons (Fsp3) is 0.0526. The summed E-state index contributed by atoms with van der Waals surface area (Å²) < 4.78 is 5.63. The predicted octanol–water partition coefficient (Wildman–Crippen LogP) is 4.85. The van der Waals surface area contributed by atoms with Gasteiger partial charge in [0.15, 0.2) is 0 Å². The number of hydrogen-bond donors (Lipinski definition) is 1. The van der Waals surface area contributed by atoms with E-state index in [9.17, 15) is 14.9 Å². The van der Waals surface area contributed by atoms with Gasteiger partial charge >= 0.3 is 0 Å². The summed E-state index contributed by atoms with van der Waals surface area (Å²) in [7, 11) is 0. The van der Waals surface area contributed by atoms with E-state index in [4.69, 9.17) is 27.6 Å². The lowest BCUT2D eigenvalue weighted by Crippen LogP contribution is -2.19. The second-order valence-electron chi connectivity index (χ2n) is 5.70. The molecule has 0 atom stereocenters. The lowest BCUT2D eigenvalue weighted by molar-refractivity contribution is -0.384. The van der Waals surface area contributed by atoms with Gasteiger partial charge in [-0.1, -0.05) is 41.4 Å². The number of nitrogens with zero attached hydrogens (tertiary/aromatic N) is 2. The van der Waals surface area contributed by atoms with E-state index in [1.165, 1.54) is 30.5 Å². The average molecular weight is 418 g/mol. The maximum Gasteiger partial charge on any atom is 0.269 e. The first kappa shape index (κ1) is 19.6. The third-order valence-electron chi connectivity index (χ3n) is 3.74. The molecular weight excluding hydrogens is 405 g/mol. The van der Waals surface area contributed by atoms with Crippen molar-refractivity contribution in [3.05, 3.63) is 86.1 Å². The molecule has 0 spiro atoms. The quantitative estimate of drug-likeness (QED) is 0.351. The molecule has 28 heavy (non-hydrogen) atoms. The Labute approximate surface area is 169 Å². The number of nitro groups is 1. The second-order valence-corrected chi connectivity index (χ2v) is 6.48. The smallest absolute Gasteiger partial charge is 0.269 e. The van der Waals surface area contributed by atoms with Crippen molar-refractivity contribution < 1.29 is 14.1 Å². The van der Waals surface area contributed by atoms with Gasteiger partial charge < -0.3 is 4.42 Å². The van der Waals surface area contributed by atoms with Gasteiger partial charge in [-0.05, 0) is 29.8 Å². The van der Waals surface area contributed by atoms with Gasteiger partial charge in [-0.15, -0.1) is 0 Å².